The summed E-state index contributed by atoms with van der Waals surface area (Å²) in [7, 11) is 3.53. The van der Waals surface area contributed by atoms with E-state index in [2.05, 4.69) is 31.4 Å². The Balaban J connectivity index is 1.25. The number of fused-ring (bicyclic) bond motifs is 3. The molecule has 1 spiro atoms. The lowest BCUT2D eigenvalue weighted by molar-refractivity contribution is -0.138. The number of amides is 1. The minimum Gasteiger partial charge on any atom is -0.496 e. The highest BCUT2D eigenvalue weighted by Gasteiger charge is 2.65. The van der Waals surface area contributed by atoms with Crippen LogP contribution in [-0.4, -0.2) is 65.0 Å². The van der Waals surface area contributed by atoms with Crippen molar-refractivity contribution in [2.24, 2.45) is 22.7 Å². The lowest BCUT2D eigenvalue weighted by Gasteiger charge is -2.24. The highest BCUT2D eigenvalue weighted by Crippen LogP contribution is 2.53. The lowest BCUT2D eigenvalue weighted by atomic mass is 9.94. The van der Waals surface area contributed by atoms with E-state index in [0.717, 1.165) is 57.9 Å². The van der Waals surface area contributed by atoms with Gasteiger partial charge >= 0.3 is 5.97 Å². The van der Waals surface area contributed by atoms with Crippen LogP contribution in [0.5, 0.6) is 11.5 Å². The fraction of sp³-hybridized carbons (Fsp3) is 0.514. The molecule has 3 aromatic rings. The Kier molecular flexibility index (Phi) is 7.66. The normalized spacial score (nSPS) is 28.0. The van der Waals surface area contributed by atoms with Crippen LogP contribution in [0.1, 0.15) is 69.5 Å². The molecular formula is C35H40N4O5S. The summed E-state index contributed by atoms with van der Waals surface area (Å²) in [6.07, 6.45) is 8.53. The van der Waals surface area contributed by atoms with Crippen LogP contribution in [-0.2, 0) is 14.3 Å². The summed E-state index contributed by atoms with van der Waals surface area (Å²) in [4.78, 5) is 43.6. The molecule has 236 valence electrons. The summed E-state index contributed by atoms with van der Waals surface area (Å²) in [5.41, 5.74) is 2.66. The molecule has 4 heterocycles. The lowest BCUT2D eigenvalue weighted by Crippen LogP contribution is -2.37. The molecule has 2 bridgehead atoms. The number of ether oxygens (including phenoxy) is 3. The van der Waals surface area contributed by atoms with Crippen LogP contribution in [0.3, 0.4) is 0 Å². The predicted molar refractivity (Wildman–Crippen MR) is 174 cm³/mol. The van der Waals surface area contributed by atoms with Gasteiger partial charge in [0.15, 0.2) is 11.4 Å². The predicted octanol–water partition coefficient (Wildman–Crippen LogP) is 6.48. The Morgan fingerprint density at radius 1 is 1.11 bits per heavy atom. The van der Waals surface area contributed by atoms with Crippen molar-refractivity contribution in [3.8, 4) is 22.2 Å². The van der Waals surface area contributed by atoms with E-state index in [0.29, 0.717) is 43.4 Å². The Morgan fingerprint density at radius 3 is 2.71 bits per heavy atom. The number of nitrogens with zero attached hydrogens (tertiary/aromatic N) is 4. The number of benzene rings is 1. The molecule has 10 heteroatoms. The maximum Gasteiger partial charge on any atom is 0.341 e. The first kappa shape index (κ1) is 29.9. The fourth-order valence-corrected chi connectivity index (χ4v) is 7.97. The minimum atomic E-state index is -0.816. The molecule has 7 rings (SSSR count). The summed E-state index contributed by atoms with van der Waals surface area (Å²) < 4.78 is 18.3. The van der Waals surface area contributed by atoms with Crippen LogP contribution < -0.4 is 9.47 Å². The largest absolute Gasteiger partial charge is 0.496 e. The molecule has 2 saturated carbocycles. The van der Waals surface area contributed by atoms with Crippen molar-refractivity contribution in [2.75, 3.05) is 20.7 Å². The molecule has 4 aliphatic rings. The number of methoxy groups -OCH3 is 1. The number of thiazole rings is 1. The van der Waals surface area contributed by atoms with Gasteiger partial charge in [0.05, 0.1) is 30.2 Å². The monoisotopic (exact) mass is 628 g/mol. The van der Waals surface area contributed by atoms with E-state index < -0.39 is 5.54 Å². The third-order valence-corrected chi connectivity index (χ3v) is 10.7. The van der Waals surface area contributed by atoms with Crippen LogP contribution in [0, 0.1) is 24.7 Å². The molecule has 0 radical (unpaired) electrons. The van der Waals surface area contributed by atoms with E-state index >= 15 is 0 Å². The van der Waals surface area contributed by atoms with Crippen LogP contribution in [0.15, 0.2) is 40.7 Å². The van der Waals surface area contributed by atoms with Gasteiger partial charge in [0.2, 0.25) is 5.91 Å². The van der Waals surface area contributed by atoms with E-state index in [4.69, 9.17) is 29.2 Å². The average molecular weight is 629 g/mol. The summed E-state index contributed by atoms with van der Waals surface area (Å²) in [5.74, 6) is 1.26. The second-order valence-corrected chi connectivity index (χ2v) is 14.1. The number of esters is 1. The van der Waals surface area contributed by atoms with Crippen molar-refractivity contribution in [2.45, 2.75) is 76.9 Å². The topological polar surface area (TPSA) is 103 Å². The maximum absolute atomic E-state index is 13.9. The second kappa shape index (κ2) is 11.5. The Morgan fingerprint density at radius 2 is 1.93 bits per heavy atom. The first-order valence-corrected chi connectivity index (χ1v) is 16.9. The van der Waals surface area contributed by atoms with Crippen LogP contribution in [0.25, 0.3) is 21.6 Å². The third kappa shape index (κ3) is 5.30. The van der Waals surface area contributed by atoms with Crippen LogP contribution >= 0.6 is 11.3 Å². The van der Waals surface area contributed by atoms with Crippen molar-refractivity contribution >= 4 is 40.0 Å². The molecule has 2 aromatic heterocycles. The van der Waals surface area contributed by atoms with Gasteiger partial charge in [0.25, 0.3) is 0 Å². The van der Waals surface area contributed by atoms with Gasteiger partial charge in [0.1, 0.15) is 28.3 Å². The number of carbonyl (C=O) groups is 2. The molecule has 1 unspecified atom stereocenters. The number of rotatable bonds is 5. The van der Waals surface area contributed by atoms with E-state index in [1.807, 2.05) is 37.1 Å². The number of aryl methyl sites for hydroxylation is 1. The summed E-state index contributed by atoms with van der Waals surface area (Å²) in [5, 5.41) is 3.78. The van der Waals surface area contributed by atoms with Gasteiger partial charge in [-0.1, -0.05) is 26.0 Å². The molecule has 2 aliphatic heterocycles. The smallest absolute Gasteiger partial charge is 0.341 e. The molecule has 0 N–H and O–H groups in total. The molecule has 45 heavy (non-hydrogen) atoms. The van der Waals surface area contributed by atoms with Crippen molar-refractivity contribution in [1.29, 1.82) is 0 Å². The average Bonchev–Trinajstić information content (AvgIpc) is 3.35. The van der Waals surface area contributed by atoms with E-state index in [1.54, 1.807) is 18.4 Å². The third-order valence-electron chi connectivity index (χ3n) is 9.85. The van der Waals surface area contributed by atoms with Crippen molar-refractivity contribution in [3.63, 3.8) is 0 Å². The molecule has 1 aromatic carbocycles. The van der Waals surface area contributed by atoms with Crippen molar-refractivity contribution in [1.82, 2.24) is 14.9 Å². The number of pyridine rings is 1. The Bertz CT molecular complexity index is 1730. The van der Waals surface area contributed by atoms with Gasteiger partial charge in [-0.05, 0) is 63.5 Å². The number of aromatic nitrogens is 2. The zero-order valence-electron chi connectivity index (χ0n) is 26.5. The van der Waals surface area contributed by atoms with Crippen molar-refractivity contribution in [3.05, 3.63) is 47.0 Å². The molecular weight excluding hydrogens is 588 g/mol. The first-order chi connectivity index (χ1) is 21.7. The van der Waals surface area contributed by atoms with Gasteiger partial charge in [-0.2, -0.15) is 0 Å². The minimum absolute atomic E-state index is 0.0515. The zero-order chi connectivity index (χ0) is 31.5. The van der Waals surface area contributed by atoms with E-state index in [-0.39, 0.29) is 35.7 Å². The van der Waals surface area contributed by atoms with Gasteiger partial charge in [-0.15, -0.1) is 11.3 Å². The zero-order valence-corrected chi connectivity index (χ0v) is 27.4. The fourth-order valence-electron chi connectivity index (χ4n) is 7.03. The van der Waals surface area contributed by atoms with E-state index in [9.17, 15) is 9.59 Å². The Labute approximate surface area is 267 Å². The first-order valence-electron chi connectivity index (χ1n) is 16.0. The number of hydrogen-bond donors (Lipinski definition) is 0. The van der Waals surface area contributed by atoms with Crippen LogP contribution in [0.4, 0.5) is 0 Å². The summed E-state index contributed by atoms with van der Waals surface area (Å²) in [6, 6.07) is 5.88. The quantitative estimate of drug-likeness (QED) is 0.235. The number of hydrogen-bond acceptors (Lipinski definition) is 9. The van der Waals surface area contributed by atoms with E-state index in [1.165, 1.54) is 0 Å². The van der Waals surface area contributed by atoms with Gasteiger partial charge in [-0.3, -0.25) is 4.79 Å². The standard InChI is InChI=1S/C35H40N4O5S/c1-19(2)27-18-45-32(37-27)26-16-29(23-11-12-28(42-5)20(3)30(23)36-26)43-22-14-24-25(15-22)33(40)39(4)13-9-7-6-8-10-21-17-35(21)34(41)44-31(24)38-35/h8,10-12,16,18-19,21-22,24-25H,6-7,9,13-15,17H2,1-5H3/t21-,22-,24?,25-,35-/m1/s1. The number of aliphatic imine (C=N–C) groups is 1. The van der Waals surface area contributed by atoms with Crippen LogP contribution in [0.2, 0.25) is 0 Å². The van der Waals surface area contributed by atoms with Crippen molar-refractivity contribution < 1.29 is 23.8 Å². The molecule has 5 atom stereocenters. The highest BCUT2D eigenvalue weighted by molar-refractivity contribution is 7.13. The number of allylic oxidation sites excluding steroid dienone is 1. The highest BCUT2D eigenvalue weighted by atomic mass is 32.1. The van der Waals surface area contributed by atoms with Gasteiger partial charge < -0.3 is 19.1 Å². The second-order valence-electron chi connectivity index (χ2n) is 13.2. The summed E-state index contributed by atoms with van der Waals surface area (Å²) >= 11 is 1.57. The SMILES string of the molecule is COc1ccc2c(O[C@@H]3CC4C5=N[C@@]6(C[C@H]6C=CCCCCN(C)C(=O)[C@@H]4C3)C(=O)O5)cc(-c3nc(C(C)C)cs3)nc2c1C. The molecule has 2 fully saturated rings. The number of carbonyl (C=O) groups excluding carboxylic acids is 2. The molecule has 9 nitrogen and oxygen atoms in total. The summed E-state index contributed by atoms with van der Waals surface area (Å²) in [6.45, 7) is 6.94. The maximum atomic E-state index is 13.9. The molecule has 0 saturated heterocycles. The molecule has 1 amide bonds. The van der Waals surface area contributed by atoms with Gasteiger partial charge in [-0.25, -0.2) is 19.8 Å². The molecule has 2 aliphatic carbocycles. The Hall–Kier alpha value is -3.79. The van der Waals surface area contributed by atoms with Gasteiger partial charge in [0, 0.05) is 41.9 Å².